The molecule has 0 radical (unpaired) electrons. The van der Waals surface area contributed by atoms with Crippen molar-refractivity contribution in [3.8, 4) is 5.75 Å². The van der Waals surface area contributed by atoms with Crippen LogP contribution in [0.3, 0.4) is 0 Å². The number of H-pyrrole nitrogens is 1. The third-order valence-electron chi connectivity index (χ3n) is 4.23. The van der Waals surface area contributed by atoms with Crippen molar-refractivity contribution in [1.82, 2.24) is 15.0 Å². The summed E-state index contributed by atoms with van der Waals surface area (Å²) < 4.78 is 34.2. The van der Waals surface area contributed by atoms with E-state index in [1.54, 1.807) is 19.4 Å². The maximum absolute atomic E-state index is 11.8. The van der Waals surface area contributed by atoms with Crippen LogP contribution in [-0.4, -0.2) is 56.0 Å². The molecule has 0 spiro atoms. The van der Waals surface area contributed by atoms with Crippen molar-refractivity contribution in [3.05, 3.63) is 30.5 Å². The van der Waals surface area contributed by atoms with Gasteiger partial charge >= 0.3 is 0 Å². The van der Waals surface area contributed by atoms with E-state index in [9.17, 15) is 8.42 Å². The number of anilines is 3. The highest BCUT2D eigenvalue weighted by molar-refractivity contribution is 7.90. The van der Waals surface area contributed by atoms with Crippen molar-refractivity contribution >= 4 is 38.3 Å². The Morgan fingerprint density at radius 3 is 2.59 bits per heavy atom. The molecule has 2 aromatic heterocycles. The lowest BCUT2D eigenvalue weighted by atomic mass is 10.1. The Hall–Kier alpha value is -2.85. The summed E-state index contributed by atoms with van der Waals surface area (Å²) in [6.45, 7) is 4.51. The van der Waals surface area contributed by atoms with E-state index in [-0.39, 0.29) is 10.4 Å². The van der Waals surface area contributed by atoms with Gasteiger partial charge in [-0.1, -0.05) is 0 Å². The maximum Gasteiger partial charge on any atom is 0.231 e. The summed E-state index contributed by atoms with van der Waals surface area (Å²) in [6.07, 6.45) is 2.94. The number of sulfone groups is 1. The predicted molar refractivity (Wildman–Crippen MR) is 113 cm³/mol. The number of aromatic amines is 1. The minimum absolute atomic E-state index is 0.171. The standard InChI is InChI=1S/C19H25N5O4S/c1-19(2,11-27-3)24-17-13-8-9-20-16(13)22-18(23-17)21-14-7-6-12(29(5,25)26)10-15(14)28-4/h6-10H,11H2,1-5H3,(H3,20,21,22,23,24). The molecule has 0 bridgehead atoms. The number of nitrogens with zero attached hydrogens (tertiary/aromatic N) is 2. The number of hydrogen-bond acceptors (Lipinski definition) is 8. The van der Waals surface area contributed by atoms with Crippen molar-refractivity contribution < 1.29 is 17.9 Å². The number of methoxy groups -OCH3 is 2. The zero-order valence-electron chi connectivity index (χ0n) is 17.0. The molecule has 156 valence electrons. The zero-order valence-corrected chi connectivity index (χ0v) is 17.8. The van der Waals surface area contributed by atoms with Crippen molar-refractivity contribution in [2.75, 3.05) is 37.7 Å². The molecule has 0 amide bonds. The Morgan fingerprint density at radius 2 is 1.93 bits per heavy atom. The molecule has 0 aliphatic heterocycles. The van der Waals surface area contributed by atoms with Crippen LogP contribution in [0.2, 0.25) is 0 Å². The molecule has 1 aromatic carbocycles. The highest BCUT2D eigenvalue weighted by Gasteiger charge is 2.21. The van der Waals surface area contributed by atoms with Gasteiger partial charge in [0, 0.05) is 25.6 Å². The Bertz CT molecular complexity index is 1120. The van der Waals surface area contributed by atoms with E-state index < -0.39 is 9.84 Å². The molecule has 3 rings (SSSR count). The minimum atomic E-state index is -3.34. The number of fused-ring (bicyclic) bond motifs is 1. The second kappa shape index (κ2) is 7.88. The van der Waals surface area contributed by atoms with Crippen LogP contribution in [0.4, 0.5) is 17.5 Å². The molecule has 0 fully saturated rings. The molecule has 0 saturated carbocycles. The number of hydrogen-bond donors (Lipinski definition) is 3. The van der Waals surface area contributed by atoms with E-state index in [2.05, 4.69) is 25.6 Å². The number of ether oxygens (including phenoxy) is 2. The van der Waals surface area contributed by atoms with Crippen LogP contribution in [0.15, 0.2) is 35.4 Å². The van der Waals surface area contributed by atoms with Crippen molar-refractivity contribution in [1.29, 1.82) is 0 Å². The molecule has 0 aliphatic carbocycles. The highest BCUT2D eigenvalue weighted by atomic mass is 32.2. The first-order valence-electron chi connectivity index (χ1n) is 8.90. The van der Waals surface area contributed by atoms with E-state index in [0.29, 0.717) is 35.5 Å². The molecule has 0 aliphatic rings. The van der Waals surface area contributed by atoms with Gasteiger partial charge < -0.3 is 25.1 Å². The molecule has 29 heavy (non-hydrogen) atoms. The lowest BCUT2D eigenvalue weighted by Gasteiger charge is -2.26. The SMILES string of the molecule is COCC(C)(C)Nc1nc(Nc2ccc(S(C)(=O)=O)cc2OC)nc2[nH]ccc12. The van der Waals surface area contributed by atoms with Crippen LogP contribution in [0.1, 0.15) is 13.8 Å². The van der Waals surface area contributed by atoms with Gasteiger partial charge in [-0.2, -0.15) is 9.97 Å². The number of nitrogens with one attached hydrogen (secondary N) is 3. The van der Waals surface area contributed by atoms with E-state index in [0.717, 1.165) is 11.6 Å². The summed E-state index contributed by atoms with van der Waals surface area (Å²) in [5.74, 6) is 1.35. The highest BCUT2D eigenvalue weighted by Crippen LogP contribution is 2.31. The second-order valence-electron chi connectivity index (χ2n) is 7.34. The topological polar surface area (TPSA) is 118 Å². The fraction of sp³-hybridized carbons (Fsp3) is 0.368. The molecule has 0 atom stereocenters. The summed E-state index contributed by atoms with van der Waals surface area (Å²) in [5, 5.41) is 7.34. The van der Waals surface area contributed by atoms with Crippen LogP contribution >= 0.6 is 0 Å². The Kier molecular flexibility index (Phi) is 5.67. The molecule has 3 N–H and O–H groups in total. The van der Waals surface area contributed by atoms with Gasteiger partial charge in [-0.05, 0) is 32.0 Å². The van der Waals surface area contributed by atoms with Gasteiger partial charge in [0.15, 0.2) is 9.84 Å². The third-order valence-corrected chi connectivity index (χ3v) is 5.34. The van der Waals surface area contributed by atoms with Crippen LogP contribution in [0.5, 0.6) is 5.75 Å². The molecule has 2 heterocycles. The minimum Gasteiger partial charge on any atom is -0.495 e. The van der Waals surface area contributed by atoms with Gasteiger partial charge in [0.05, 0.1) is 35.2 Å². The van der Waals surface area contributed by atoms with Crippen LogP contribution in [0, 0.1) is 0 Å². The van der Waals surface area contributed by atoms with Crippen molar-refractivity contribution in [2.45, 2.75) is 24.3 Å². The van der Waals surface area contributed by atoms with Crippen LogP contribution in [-0.2, 0) is 14.6 Å². The summed E-state index contributed by atoms with van der Waals surface area (Å²) in [5.41, 5.74) is 0.859. The zero-order chi connectivity index (χ0) is 21.2. The molecule has 3 aromatic rings. The molecular formula is C19H25N5O4S. The van der Waals surface area contributed by atoms with Gasteiger partial charge in [0.1, 0.15) is 17.2 Å². The smallest absolute Gasteiger partial charge is 0.231 e. The fourth-order valence-corrected chi connectivity index (χ4v) is 3.57. The fourth-order valence-electron chi connectivity index (χ4n) is 2.94. The first kappa shape index (κ1) is 20.9. The monoisotopic (exact) mass is 419 g/mol. The normalized spacial score (nSPS) is 12.2. The van der Waals surface area contributed by atoms with Gasteiger partial charge in [0.25, 0.3) is 0 Å². The molecular weight excluding hydrogens is 394 g/mol. The number of benzene rings is 1. The maximum atomic E-state index is 11.8. The molecule has 0 saturated heterocycles. The largest absolute Gasteiger partial charge is 0.495 e. The van der Waals surface area contributed by atoms with Crippen molar-refractivity contribution in [3.63, 3.8) is 0 Å². The van der Waals surface area contributed by atoms with Gasteiger partial charge in [-0.15, -0.1) is 0 Å². The van der Waals surface area contributed by atoms with E-state index in [1.807, 2.05) is 19.9 Å². The average Bonchev–Trinajstić information content (AvgIpc) is 3.09. The number of rotatable bonds is 8. The predicted octanol–water partition coefficient (Wildman–Crippen LogP) is 2.95. The lowest BCUT2D eigenvalue weighted by Crippen LogP contribution is -2.36. The first-order valence-corrected chi connectivity index (χ1v) is 10.8. The van der Waals surface area contributed by atoms with Gasteiger partial charge in [0.2, 0.25) is 5.95 Å². The van der Waals surface area contributed by atoms with Crippen LogP contribution in [0.25, 0.3) is 11.0 Å². The molecule has 9 nitrogen and oxygen atoms in total. The Balaban J connectivity index is 1.99. The number of aromatic nitrogens is 3. The average molecular weight is 420 g/mol. The second-order valence-corrected chi connectivity index (χ2v) is 9.35. The quantitative estimate of drug-likeness (QED) is 0.510. The van der Waals surface area contributed by atoms with E-state index in [1.165, 1.54) is 19.2 Å². The van der Waals surface area contributed by atoms with E-state index >= 15 is 0 Å². The molecule has 10 heteroatoms. The van der Waals surface area contributed by atoms with E-state index in [4.69, 9.17) is 9.47 Å². The molecule has 0 unspecified atom stereocenters. The lowest BCUT2D eigenvalue weighted by molar-refractivity contribution is 0.158. The Morgan fingerprint density at radius 1 is 1.17 bits per heavy atom. The van der Waals surface area contributed by atoms with Gasteiger partial charge in [-0.25, -0.2) is 8.42 Å². The summed E-state index contributed by atoms with van der Waals surface area (Å²) in [7, 11) is -0.223. The Labute approximate surface area is 169 Å². The first-order chi connectivity index (χ1) is 13.6. The summed E-state index contributed by atoms with van der Waals surface area (Å²) in [6, 6.07) is 6.49. The van der Waals surface area contributed by atoms with Gasteiger partial charge in [-0.3, -0.25) is 0 Å². The third kappa shape index (κ3) is 4.77. The van der Waals surface area contributed by atoms with Crippen molar-refractivity contribution in [2.24, 2.45) is 0 Å². The summed E-state index contributed by atoms with van der Waals surface area (Å²) >= 11 is 0. The summed E-state index contributed by atoms with van der Waals surface area (Å²) in [4.78, 5) is 12.3. The van der Waals surface area contributed by atoms with Crippen LogP contribution < -0.4 is 15.4 Å².